The number of carboxylic acid groups (broad SMARTS) is 1. The Labute approximate surface area is 195 Å². The van der Waals surface area contributed by atoms with Gasteiger partial charge in [-0.05, 0) is 43.1 Å². The summed E-state index contributed by atoms with van der Waals surface area (Å²) in [7, 11) is 0. The minimum Gasteiger partial charge on any atom is -0.480 e. The van der Waals surface area contributed by atoms with Gasteiger partial charge in [0.25, 0.3) is 0 Å². The minimum absolute atomic E-state index is 0.169. The molecule has 1 heterocycles. The molecule has 0 saturated carbocycles. The van der Waals surface area contributed by atoms with Gasteiger partial charge in [0.1, 0.15) is 18.1 Å². The van der Waals surface area contributed by atoms with Gasteiger partial charge in [0.15, 0.2) is 0 Å². The highest BCUT2D eigenvalue weighted by atomic mass is 32.2. The molecule has 0 aromatic carbocycles. The third-order valence-corrected chi connectivity index (χ3v) is 7.00. The number of rotatable bonds is 13. The monoisotopic (exact) mass is 472 g/mol. The van der Waals surface area contributed by atoms with E-state index in [-0.39, 0.29) is 17.7 Å². The first kappa shape index (κ1) is 28.2. The zero-order valence-corrected chi connectivity index (χ0v) is 20.7. The summed E-state index contributed by atoms with van der Waals surface area (Å²) in [5.74, 6) is -1.89. The number of carbonyl (C=O) groups is 4. The fourth-order valence-corrected chi connectivity index (χ4v) is 4.22. The van der Waals surface area contributed by atoms with Crippen LogP contribution in [0.2, 0.25) is 0 Å². The molecule has 0 aromatic heterocycles. The lowest BCUT2D eigenvalue weighted by molar-refractivity contribution is -0.150. The van der Waals surface area contributed by atoms with Crippen LogP contribution in [-0.2, 0) is 19.2 Å². The van der Waals surface area contributed by atoms with Gasteiger partial charge in [-0.2, -0.15) is 11.8 Å². The highest BCUT2D eigenvalue weighted by Gasteiger charge is 2.40. The summed E-state index contributed by atoms with van der Waals surface area (Å²) in [6.45, 7) is 7.90. The number of aliphatic carboxylic acids is 1. The van der Waals surface area contributed by atoms with E-state index in [0.717, 1.165) is 5.75 Å². The Kier molecular flexibility index (Phi) is 12.1. The number of carboxylic acids is 1. The molecule has 1 fully saturated rings. The van der Waals surface area contributed by atoms with Gasteiger partial charge < -0.3 is 26.4 Å². The first-order valence-corrected chi connectivity index (χ1v) is 12.9. The predicted molar refractivity (Wildman–Crippen MR) is 126 cm³/mol. The third-order valence-electron chi connectivity index (χ3n) is 6.36. The molecule has 6 atom stereocenters. The summed E-state index contributed by atoms with van der Waals surface area (Å²) in [6.07, 6.45) is 4.73. The van der Waals surface area contributed by atoms with Crippen molar-refractivity contribution in [3.8, 4) is 0 Å². The van der Waals surface area contributed by atoms with Crippen LogP contribution in [0.1, 0.15) is 59.8 Å². The van der Waals surface area contributed by atoms with E-state index < -0.39 is 42.0 Å². The average Bonchev–Trinajstić information content (AvgIpc) is 3.27. The number of likely N-dealkylation sites (tertiary alicyclic amines) is 1. The summed E-state index contributed by atoms with van der Waals surface area (Å²) >= 11 is 1.59. The molecule has 1 aliphatic rings. The molecule has 184 valence electrons. The largest absolute Gasteiger partial charge is 0.480 e. The van der Waals surface area contributed by atoms with Gasteiger partial charge in [-0.15, -0.1) is 0 Å². The Balaban J connectivity index is 3.02. The summed E-state index contributed by atoms with van der Waals surface area (Å²) in [5.41, 5.74) is 5.97. The number of hydrogen-bond acceptors (Lipinski definition) is 6. The summed E-state index contributed by atoms with van der Waals surface area (Å²) < 4.78 is 0. The number of nitrogens with one attached hydrogen (secondary N) is 2. The van der Waals surface area contributed by atoms with Crippen LogP contribution < -0.4 is 16.4 Å². The molecular weight excluding hydrogens is 432 g/mol. The molecule has 32 heavy (non-hydrogen) atoms. The minimum atomic E-state index is -1.03. The van der Waals surface area contributed by atoms with Crippen molar-refractivity contribution >= 4 is 35.5 Å². The van der Waals surface area contributed by atoms with E-state index in [9.17, 15) is 24.3 Å². The summed E-state index contributed by atoms with van der Waals surface area (Å²) in [6, 6.07) is -3.28. The quantitative estimate of drug-likeness (QED) is 0.315. The second kappa shape index (κ2) is 13.7. The molecule has 6 unspecified atom stereocenters. The van der Waals surface area contributed by atoms with Crippen molar-refractivity contribution in [2.24, 2.45) is 17.6 Å². The molecule has 0 bridgehead atoms. The van der Waals surface area contributed by atoms with E-state index in [1.807, 2.05) is 34.0 Å². The lowest BCUT2D eigenvalue weighted by atomic mass is 9.94. The lowest BCUT2D eigenvalue weighted by Crippen LogP contribution is -2.60. The zero-order valence-electron chi connectivity index (χ0n) is 19.9. The number of hydrogen-bond donors (Lipinski definition) is 4. The molecule has 1 rings (SSSR count). The standard InChI is InChI=1S/C22H40N4O5S/c1-6-13(3)17(24-19(27)15(23)10-12-32-5)20(28)25-18(14(4)7-2)21(29)26-11-8-9-16(26)22(30)31/h13-18H,6-12,23H2,1-5H3,(H,24,27)(H,25,28)(H,30,31). The van der Waals surface area contributed by atoms with Crippen molar-refractivity contribution in [2.75, 3.05) is 18.6 Å². The molecule has 3 amide bonds. The zero-order chi connectivity index (χ0) is 24.4. The Morgan fingerprint density at radius 3 is 2.16 bits per heavy atom. The van der Waals surface area contributed by atoms with Gasteiger partial charge in [0.2, 0.25) is 17.7 Å². The number of thioether (sulfide) groups is 1. The van der Waals surface area contributed by atoms with Gasteiger partial charge in [0.05, 0.1) is 6.04 Å². The topological polar surface area (TPSA) is 142 Å². The van der Waals surface area contributed by atoms with Crippen molar-refractivity contribution < 1.29 is 24.3 Å². The van der Waals surface area contributed by atoms with E-state index in [0.29, 0.717) is 38.6 Å². The second-order valence-corrected chi connectivity index (χ2v) is 9.65. The fourth-order valence-electron chi connectivity index (χ4n) is 3.73. The Hall–Kier alpha value is -1.81. The van der Waals surface area contributed by atoms with Crippen molar-refractivity contribution in [3.05, 3.63) is 0 Å². The van der Waals surface area contributed by atoms with Crippen LogP contribution in [0.15, 0.2) is 0 Å². The van der Waals surface area contributed by atoms with Gasteiger partial charge in [-0.25, -0.2) is 4.79 Å². The first-order chi connectivity index (χ1) is 15.1. The predicted octanol–water partition coefficient (Wildman–Crippen LogP) is 1.20. The third kappa shape index (κ3) is 7.65. The molecule has 1 saturated heterocycles. The summed E-state index contributed by atoms with van der Waals surface area (Å²) in [5, 5.41) is 15.0. The van der Waals surface area contributed by atoms with Crippen molar-refractivity contribution in [1.82, 2.24) is 15.5 Å². The van der Waals surface area contributed by atoms with E-state index in [2.05, 4.69) is 10.6 Å². The van der Waals surface area contributed by atoms with Crippen molar-refractivity contribution in [1.29, 1.82) is 0 Å². The highest BCUT2D eigenvalue weighted by molar-refractivity contribution is 7.98. The first-order valence-electron chi connectivity index (χ1n) is 11.5. The van der Waals surface area contributed by atoms with Crippen LogP contribution in [-0.4, -0.2) is 76.4 Å². The molecule has 0 aliphatic carbocycles. The normalized spacial score (nSPS) is 20.7. The Bertz CT molecular complexity index is 662. The molecular formula is C22H40N4O5S. The summed E-state index contributed by atoms with van der Waals surface area (Å²) in [4.78, 5) is 51.9. The van der Waals surface area contributed by atoms with Crippen molar-refractivity contribution in [3.63, 3.8) is 0 Å². The van der Waals surface area contributed by atoms with Crippen molar-refractivity contribution in [2.45, 2.75) is 84.0 Å². The molecule has 0 aromatic rings. The van der Waals surface area contributed by atoms with Gasteiger partial charge in [0, 0.05) is 6.54 Å². The van der Waals surface area contributed by atoms with Gasteiger partial charge in [-0.1, -0.05) is 40.5 Å². The van der Waals surface area contributed by atoms with Crippen LogP contribution in [0.5, 0.6) is 0 Å². The molecule has 5 N–H and O–H groups in total. The maximum Gasteiger partial charge on any atom is 0.326 e. The molecule has 9 nitrogen and oxygen atoms in total. The van der Waals surface area contributed by atoms with Crippen LogP contribution in [0.4, 0.5) is 0 Å². The lowest BCUT2D eigenvalue weighted by Gasteiger charge is -2.32. The van der Waals surface area contributed by atoms with E-state index in [4.69, 9.17) is 5.73 Å². The smallest absolute Gasteiger partial charge is 0.326 e. The second-order valence-electron chi connectivity index (χ2n) is 8.66. The van der Waals surface area contributed by atoms with E-state index >= 15 is 0 Å². The number of carbonyl (C=O) groups excluding carboxylic acids is 3. The number of nitrogens with zero attached hydrogens (tertiary/aromatic N) is 1. The van der Waals surface area contributed by atoms with E-state index in [1.54, 1.807) is 11.8 Å². The Morgan fingerprint density at radius 2 is 1.62 bits per heavy atom. The fraction of sp³-hybridized carbons (Fsp3) is 0.818. The maximum atomic E-state index is 13.2. The van der Waals surface area contributed by atoms with Gasteiger partial charge in [-0.3, -0.25) is 14.4 Å². The average molecular weight is 473 g/mol. The van der Waals surface area contributed by atoms with Crippen LogP contribution in [0, 0.1) is 11.8 Å². The maximum absolute atomic E-state index is 13.2. The number of amides is 3. The molecule has 10 heteroatoms. The number of nitrogens with two attached hydrogens (primary N) is 1. The van der Waals surface area contributed by atoms with Crippen LogP contribution >= 0.6 is 11.8 Å². The van der Waals surface area contributed by atoms with Gasteiger partial charge >= 0.3 is 5.97 Å². The SMILES string of the molecule is CCC(C)C(NC(=O)C(N)CCSC)C(=O)NC(C(=O)N1CCCC1C(=O)O)C(C)CC. The van der Waals surface area contributed by atoms with Crippen LogP contribution in [0.25, 0.3) is 0 Å². The van der Waals surface area contributed by atoms with Crippen LogP contribution in [0.3, 0.4) is 0 Å². The molecule has 1 aliphatic heterocycles. The Morgan fingerprint density at radius 1 is 1.06 bits per heavy atom. The van der Waals surface area contributed by atoms with E-state index in [1.165, 1.54) is 4.90 Å². The highest BCUT2D eigenvalue weighted by Crippen LogP contribution is 2.22. The molecule has 0 radical (unpaired) electrons. The molecule has 0 spiro atoms.